The maximum atomic E-state index is 14.0. The second-order valence-electron chi connectivity index (χ2n) is 6.54. The molecule has 1 heterocycles. The van der Waals surface area contributed by atoms with E-state index < -0.39 is 0 Å². The number of pyridine rings is 1. The highest BCUT2D eigenvalue weighted by Gasteiger charge is 2.16. The second-order valence-corrected chi connectivity index (χ2v) is 6.54. The lowest BCUT2D eigenvalue weighted by molar-refractivity contribution is -0.131. The summed E-state index contributed by atoms with van der Waals surface area (Å²) in [7, 11) is 1.61. The van der Waals surface area contributed by atoms with Gasteiger partial charge >= 0.3 is 0 Å². The van der Waals surface area contributed by atoms with E-state index in [2.05, 4.69) is 4.98 Å². The van der Waals surface area contributed by atoms with Gasteiger partial charge in [-0.2, -0.15) is 0 Å². The molecule has 144 valence electrons. The van der Waals surface area contributed by atoms with Crippen molar-refractivity contribution in [1.29, 1.82) is 0 Å². The molecule has 0 aliphatic carbocycles. The fraction of sp³-hybridized carbons (Fsp3) is 0.217. The topological polar surface area (TPSA) is 42.4 Å². The largest absolute Gasteiger partial charge is 0.497 e. The Morgan fingerprint density at radius 3 is 2.50 bits per heavy atom. The molecule has 0 N–H and O–H groups in total. The Morgan fingerprint density at radius 1 is 1.04 bits per heavy atom. The predicted octanol–water partition coefficient (Wildman–Crippen LogP) is 4.04. The van der Waals surface area contributed by atoms with Crippen LogP contribution >= 0.6 is 0 Å². The molecule has 5 heteroatoms. The molecular formula is C23H23FN2O2. The molecule has 0 spiro atoms. The summed E-state index contributed by atoms with van der Waals surface area (Å²) in [5.41, 5.74) is 2.46. The van der Waals surface area contributed by atoms with Gasteiger partial charge < -0.3 is 9.64 Å². The maximum absolute atomic E-state index is 14.0. The number of halogens is 1. The van der Waals surface area contributed by atoms with Crippen LogP contribution in [0.25, 0.3) is 0 Å². The van der Waals surface area contributed by atoms with Gasteiger partial charge in [0, 0.05) is 25.5 Å². The number of carbonyl (C=O) groups excluding carboxylic acids is 1. The number of carbonyl (C=O) groups is 1. The van der Waals surface area contributed by atoms with E-state index in [0.717, 1.165) is 16.9 Å². The SMILES string of the molecule is COc1ccc(CC(=O)N(CCc2ccccc2F)Cc2cccnc2)cc1. The van der Waals surface area contributed by atoms with E-state index in [1.165, 1.54) is 6.07 Å². The predicted molar refractivity (Wildman–Crippen MR) is 106 cm³/mol. The highest BCUT2D eigenvalue weighted by Crippen LogP contribution is 2.15. The number of amides is 1. The Hall–Kier alpha value is -3.21. The minimum absolute atomic E-state index is 0.00893. The lowest BCUT2D eigenvalue weighted by Gasteiger charge is -2.23. The van der Waals surface area contributed by atoms with Crippen LogP contribution in [0, 0.1) is 5.82 Å². The van der Waals surface area contributed by atoms with Gasteiger partial charge in [0.1, 0.15) is 11.6 Å². The number of methoxy groups -OCH3 is 1. The van der Waals surface area contributed by atoms with E-state index in [1.807, 2.05) is 42.5 Å². The third kappa shape index (κ3) is 5.39. The van der Waals surface area contributed by atoms with Crippen LogP contribution in [0.1, 0.15) is 16.7 Å². The Kier molecular flexibility index (Phi) is 6.73. The molecule has 3 rings (SSSR count). The Bertz CT molecular complexity index is 898. The lowest BCUT2D eigenvalue weighted by Crippen LogP contribution is -2.33. The first-order valence-corrected chi connectivity index (χ1v) is 9.18. The van der Waals surface area contributed by atoms with Crippen LogP contribution in [0.5, 0.6) is 5.75 Å². The Balaban J connectivity index is 1.72. The average Bonchev–Trinajstić information content (AvgIpc) is 2.73. The molecule has 4 nitrogen and oxygen atoms in total. The molecule has 0 radical (unpaired) electrons. The molecule has 28 heavy (non-hydrogen) atoms. The van der Waals surface area contributed by atoms with Gasteiger partial charge in [-0.05, 0) is 47.4 Å². The van der Waals surface area contributed by atoms with Crippen LogP contribution in [-0.2, 0) is 24.2 Å². The summed E-state index contributed by atoms with van der Waals surface area (Å²) in [6.07, 6.45) is 4.19. The van der Waals surface area contributed by atoms with E-state index in [9.17, 15) is 9.18 Å². The highest BCUT2D eigenvalue weighted by molar-refractivity contribution is 5.78. The maximum Gasteiger partial charge on any atom is 0.227 e. The summed E-state index contributed by atoms with van der Waals surface area (Å²) in [4.78, 5) is 18.8. The zero-order chi connectivity index (χ0) is 19.8. The van der Waals surface area contributed by atoms with Crippen molar-refractivity contribution in [3.05, 3.63) is 95.6 Å². The van der Waals surface area contributed by atoms with E-state index in [4.69, 9.17) is 4.74 Å². The van der Waals surface area contributed by atoms with Crippen molar-refractivity contribution in [3.8, 4) is 5.75 Å². The third-order valence-corrected chi connectivity index (χ3v) is 4.57. The third-order valence-electron chi connectivity index (χ3n) is 4.57. The summed E-state index contributed by atoms with van der Waals surface area (Å²) < 4.78 is 19.1. The van der Waals surface area contributed by atoms with Crippen LogP contribution < -0.4 is 4.74 Å². The molecule has 0 atom stereocenters. The second kappa shape index (κ2) is 9.65. The number of benzene rings is 2. The molecule has 0 fully saturated rings. The average molecular weight is 378 g/mol. The van der Waals surface area contributed by atoms with E-state index in [0.29, 0.717) is 25.1 Å². The first kappa shape index (κ1) is 19.5. The van der Waals surface area contributed by atoms with Crippen LogP contribution in [0.2, 0.25) is 0 Å². The first-order valence-electron chi connectivity index (χ1n) is 9.18. The minimum atomic E-state index is -0.244. The molecule has 0 aliphatic heterocycles. The van der Waals surface area contributed by atoms with Crippen molar-refractivity contribution >= 4 is 5.91 Å². The quantitative estimate of drug-likeness (QED) is 0.594. The van der Waals surface area contributed by atoms with Gasteiger partial charge in [0.25, 0.3) is 0 Å². The smallest absolute Gasteiger partial charge is 0.227 e. The van der Waals surface area contributed by atoms with Crippen molar-refractivity contribution in [3.63, 3.8) is 0 Å². The van der Waals surface area contributed by atoms with Gasteiger partial charge in [-0.25, -0.2) is 4.39 Å². The molecule has 1 aromatic heterocycles. The summed E-state index contributed by atoms with van der Waals surface area (Å²) in [6.45, 7) is 0.877. The molecule has 0 aliphatic rings. The number of hydrogen-bond acceptors (Lipinski definition) is 3. The van der Waals surface area contributed by atoms with Crippen LogP contribution in [0.4, 0.5) is 4.39 Å². The van der Waals surface area contributed by atoms with Gasteiger partial charge in [0.05, 0.1) is 13.5 Å². The summed E-state index contributed by atoms with van der Waals surface area (Å²) in [5.74, 6) is 0.500. The van der Waals surface area contributed by atoms with Crippen molar-refractivity contribution in [2.24, 2.45) is 0 Å². The van der Waals surface area contributed by atoms with Crippen LogP contribution in [0.15, 0.2) is 73.1 Å². The molecule has 2 aromatic carbocycles. The molecule has 0 saturated heterocycles. The van der Waals surface area contributed by atoms with Gasteiger partial charge in [0.15, 0.2) is 0 Å². The van der Waals surface area contributed by atoms with Crippen molar-refractivity contribution in [1.82, 2.24) is 9.88 Å². The van der Waals surface area contributed by atoms with E-state index in [1.54, 1.807) is 36.5 Å². The Labute approximate surface area is 164 Å². The van der Waals surface area contributed by atoms with Crippen molar-refractivity contribution < 1.29 is 13.9 Å². The van der Waals surface area contributed by atoms with Crippen molar-refractivity contribution in [2.45, 2.75) is 19.4 Å². The number of nitrogens with zero attached hydrogens (tertiary/aromatic N) is 2. The van der Waals surface area contributed by atoms with E-state index in [-0.39, 0.29) is 18.1 Å². The highest BCUT2D eigenvalue weighted by atomic mass is 19.1. The molecule has 3 aromatic rings. The number of ether oxygens (including phenoxy) is 1. The molecule has 1 amide bonds. The van der Waals surface area contributed by atoms with Gasteiger partial charge in [-0.3, -0.25) is 9.78 Å². The number of hydrogen-bond donors (Lipinski definition) is 0. The minimum Gasteiger partial charge on any atom is -0.497 e. The lowest BCUT2D eigenvalue weighted by atomic mass is 10.1. The Morgan fingerprint density at radius 2 is 1.82 bits per heavy atom. The zero-order valence-corrected chi connectivity index (χ0v) is 15.8. The number of aromatic nitrogens is 1. The summed E-state index contributed by atoms with van der Waals surface area (Å²) in [6, 6.07) is 17.9. The van der Waals surface area contributed by atoms with Gasteiger partial charge in [-0.15, -0.1) is 0 Å². The first-order chi connectivity index (χ1) is 13.7. The zero-order valence-electron chi connectivity index (χ0n) is 15.8. The van der Waals surface area contributed by atoms with E-state index >= 15 is 0 Å². The fourth-order valence-corrected chi connectivity index (χ4v) is 2.99. The molecule has 0 unspecified atom stereocenters. The van der Waals surface area contributed by atoms with Gasteiger partial charge in [-0.1, -0.05) is 36.4 Å². The van der Waals surface area contributed by atoms with Crippen LogP contribution in [-0.4, -0.2) is 29.4 Å². The van der Waals surface area contributed by atoms with Gasteiger partial charge in [0.2, 0.25) is 5.91 Å². The fourth-order valence-electron chi connectivity index (χ4n) is 2.99. The molecule has 0 saturated carbocycles. The monoisotopic (exact) mass is 378 g/mol. The standard InChI is InChI=1S/C23H23FN2O2/c1-28-21-10-8-18(9-11-21)15-23(27)26(17-19-5-4-13-25-16-19)14-12-20-6-2-3-7-22(20)24/h2-11,13,16H,12,14-15,17H2,1H3. The molecule has 0 bridgehead atoms. The normalized spacial score (nSPS) is 10.5. The summed E-state index contributed by atoms with van der Waals surface area (Å²) in [5, 5.41) is 0. The van der Waals surface area contributed by atoms with Crippen LogP contribution in [0.3, 0.4) is 0 Å². The number of rotatable bonds is 8. The summed E-state index contributed by atoms with van der Waals surface area (Å²) >= 11 is 0. The molecular weight excluding hydrogens is 355 g/mol. The van der Waals surface area contributed by atoms with Crippen molar-refractivity contribution in [2.75, 3.05) is 13.7 Å².